The van der Waals surface area contributed by atoms with Crippen LogP contribution in [-0.4, -0.2) is 53.4 Å². The van der Waals surface area contributed by atoms with Gasteiger partial charge in [-0.25, -0.2) is 14.2 Å². The second kappa shape index (κ2) is 11.2. The van der Waals surface area contributed by atoms with E-state index in [0.29, 0.717) is 34.2 Å². The first-order chi connectivity index (χ1) is 19.1. The Morgan fingerprint density at radius 1 is 1.12 bits per heavy atom. The molecule has 0 spiro atoms. The number of likely N-dealkylation sites (N-methyl/N-ethyl adjacent to an activating group) is 1. The van der Waals surface area contributed by atoms with Gasteiger partial charge in [0.1, 0.15) is 17.3 Å². The predicted molar refractivity (Wildman–Crippen MR) is 156 cm³/mol. The van der Waals surface area contributed by atoms with Gasteiger partial charge in [0.25, 0.3) is 5.91 Å². The van der Waals surface area contributed by atoms with Crippen molar-refractivity contribution < 1.29 is 9.59 Å². The molecule has 0 fully saturated rings. The van der Waals surface area contributed by atoms with E-state index in [2.05, 4.69) is 41.6 Å². The van der Waals surface area contributed by atoms with Crippen molar-refractivity contribution in [3.8, 4) is 11.3 Å². The minimum Gasteiger partial charge on any atom is -0.340 e. The third kappa shape index (κ3) is 5.61. The van der Waals surface area contributed by atoms with Crippen LogP contribution in [0.15, 0.2) is 65.4 Å². The highest BCUT2D eigenvalue weighted by atomic mass is 79.9. The average molecular weight is 622 g/mol. The van der Waals surface area contributed by atoms with Gasteiger partial charge in [0.15, 0.2) is 5.65 Å². The molecular formula is C28H26BrClN8O2. The number of hydrogen-bond acceptors (Lipinski definition) is 6. The lowest BCUT2D eigenvalue weighted by Gasteiger charge is -2.22. The van der Waals surface area contributed by atoms with Gasteiger partial charge in [-0.2, -0.15) is 5.10 Å². The van der Waals surface area contributed by atoms with Crippen LogP contribution < -0.4 is 5.32 Å². The third-order valence-electron chi connectivity index (χ3n) is 6.52. The number of nitrogens with zero attached hydrogens (tertiary/aromatic N) is 7. The molecule has 5 aromatic rings. The Kier molecular flexibility index (Phi) is 7.68. The fourth-order valence-corrected chi connectivity index (χ4v) is 5.10. The fourth-order valence-electron chi connectivity index (χ4n) is 4.37. The van der Waals surface area contributed by atoms with Gasteiger partial charge in [-0.15, -0.1) is 5.10 Å². The van der Waals surface area contributed by atoms with E-state index < -0.39 is 6.04 Å². The fraction of sp³-hybridized carbons (Fsp3) is 0.214. The van der Waals surface area contributed by atoms with Gasteiger partial charge in [-0.3, -0.25) is 9.59 Å². The van der Waals surface area contributed by atoms with Crippen molar-refractivity contribution in [2.24, 2.45) is 0 Å². The van der Waals surface area contributed by atoms with Crippen molar-refractivity contribution in [3.63, 3.8) is 0 Å². The summed E-state index contributed by atoms with van der Waals surface area (Å²) >= 11 is 9.71. The molecule has 0 aliphatic rings. The van der Waals surface area contributed by atoms with Gasteiger partial charge >= 0.3 is 0 Å². The number of fused-ring (bicyclic) bond motifs is 1. The largest absolute Gasteiger partial charge is 0.340 e. The summed E-state index contributed by atoms with van der Waals surface area (Å²) in [5.41, 5.74) is 5.48. The monoisotopic (exact) mass is 620 g/mol. The third-order valence-corrected chi connectivity index (χ3v) is 7.37. The van der Waals surface area contributed by atoms with E-state index in [9.17, 15) is 9.59 Å². The zero-order chi connectivity index (χ0) is 28.6. The number of halogens is 2. The van der Waals surface area contributed by atoms with E-state index in [-0.39, 0.29) is 11.8 Å². The lowest BCUT2D eigenvalue weighted by molar-refractivity contribution is -0.133. The van der Waals surface area contributed by atoms with E-state index in [0.717, 1.165) is 27.0 Å². The predicted octanol–water partition coefficient (Wildman–Crippen LogP) is 5.49. The molecule has 10 nitrogen and oxygen atoms in total. The zero-order valence-electron chi connectivity index (χ0n) is 22.3. The first kappa shape index (κ1) is 27.5. The summed E-state index contributed by atoms with van der Waals surface area (Å²) in [5.74, 6) is -0.423. The number of benzene rings is 2. The van der Waals surface area contributed by atoms with Crippen molar-refractivity contribution >= 4 is 50.7 Å². The smallest absolute Gasteiger partial charge is 0.261 e. The van der Waals surface area contributed by atoms with Crippen LogP contribution in [0.25, 0.3) is 16.9 Å². The van der Waals surface area contributed by atoms with Crippen LogP contribution in [0.5, 0.6) is 0 Å². The van der Waals surface area contributed by atoms with Crippen LogP contribution in [0.4, 0.5) is 5.69 Å². The maximum Gasteiger partial charge on any atom is 0.261 e. The van der Waals surface area contributed by atoms with E-state index in [4.69, 9.17) is 11.6 Å². The highest BCUT2D eigenvalue weighted by Gasteiger charge is 2.22. The van der Waals surface area contributed by atoms with Crippen molar-refractivity contribution in [1.29, 1.82) is 0 Å². The van der Waals surface area contributed by atoms with Crippen LogP contribution in [0.2, 0.25) is 5.02 Å². The van der Waals surface area contributed by atoms with Crippen molar-refractivity contribution in [1.82, 2.24) is 34.5 Å². The molecule has 0 saturated carbocycles. The van der Waals surface area contributed by atoms with Crippen LogP contribution in [-0.2, 0) is 11.3 Å². The Labute approximate surface area is 244 Å². The number of carbonyl (C=O) groups excluding carboxylic acids is 2. The quantitative estimate of drug-likeness (QED) is 0.257. The van der Waals surface area contributed by atoms with E-state index in [1.54, 1.807) is 47.8 Å². The Hall–Kier alpha value is -4.09. The summed E-state index contributed by atoms with van der Waals surface area (Å²) in [4.78, 5) is 32.1. The normalized spacial score (nSPS) is 11.9. The number of hydrogen-bond donors (Lipinski definition) is 1. The van der Waals surface area contributed by atoms with Crippen molar-refractivity contribution in [2.75, 3.05) is 12.4 Å². The molecular weight excluding hydrogens is 596 g/mol. The molecule has 1 atom stereocenters. The molecule has 0 aliphatic carbocycles. The number of carbonyl (C=O) groups is 2. The second-order valence-corrected chi connectivity index (χ2v) is 10.9. The number of anilines is 1. The Bertz CT molecular complexity index is 1730. The van der Waals surface area contributed by atoms with Gasteiger partial charge in [-0.1, -0.05) is 50.9 Å². The Balaban J connectivity index is 1.25. The Morgan fingerprint density at radius 3 is 2.60 bits per heavy atom. The molecule has 0 saturated heterocycles. The first-order valence-corrected chi connectivity index (χ1v) is 13.6. The molecule has 5 rings (SSSR count). The van der Waals surface area contributed by atoms with Crippen molar-refractivity contribution in [3.05, 3.63) is 92.9 Å². The molecule has 1 unspecified atom stereocenters. The minimum absolute atomic E-state index is 0.124. The van der Waals surface area contributed by atoms with Gasteiger partial charge in [0.05, 0.1) is 12.4 Å². The summed E-state index contributed by atoms with van der Waals surface area (Å²) in [6, 6.07) is 14.2. The number of aromatic nitrogens is 6. The first-order valence-electron chi connectivity index (χ1n) is 12.4. The summed E-state index contributed by atoms with van der Waals surface area (Å²) in [7, 11) is 1.73. The summed E-state index contributed by atoms with van der Waals surface area (Å²) in [5, 5.41) is 16.2. The SMILES string of the molecule is Cc1cc(C)n2ncc(C(=O)Nc3ccc(-c4cn(C(C)C(=O)N(C)Cc5ccc(Br)cc5Cl)nn4)cc3)c2n1. The summed E-state index contributed by atoms with van der Waals surface area (Å²) in [6.45, 7) is 5.94. The highest BCUT2D eigenvalue weighted by Crippen LogP contribution is 2.24. The molecule has 3 heterocycles. The van der Waals surface area contributed by atoms with E-state index in [1.807, 2.05) is 44.2 Å². The van der Waals surface area contributed by atoms with Crippen LogP contribution >= 0.6 is 27.5 Å². The lowest BCUT2D eigenvalue weighted by Crippen LogP contribution is -2.33. The van der Waals surface area contributed by atoms with E-state index in [1.165, 1.54) is 10.9 Å². The molecule has 12 heteroatoms. The van der Waals surface area contributed by atoms with Gasteiger partial charge in [0, 0.05) is 45.7 Å². The Morgan fingerprint density at radius 2 is 1.88 bits per heavy atom. The number of aryl methyl sites for hydroxylation is 2. The number of amides is 2. The molecule has 204 valence electrons. The second-order valence-electron chi connectivity index (χ2n) is 9.55. The van der Waals surface area contributed by atoms with Crippen LogP contribution in [0.3, 0.4) is 0 Å². The average Bonchev–Trinajstić information content (AvgIpc) is 3.58. The molecule has 0 bridgehead atoms. The summed E-state index contributed by atoms with van der Waals surface area (Å²) in [6.07, 6.45) is 3.25. The molecule has 0 radical (unpaired) electrons. The minimum atomic E-state index is -0.564. The molecule has 2 amide bonds. The zero-order valence-corrected chi connectivity index (χ0v) is 24.6. The lowest BCUT2D eigenvalue weighted by atomic mass is 10.1. The van der Waals surface area contributed by atoms with Gasteiger partial charge in [-0.05, 0) is 56.7 Å². The van der Waals surface area contributed by atoms with Crippen molar-refractivity contribution in [2.45, 2.75) is 33.4 Å². The van der Waals surface area contributed by atoms with Crippen LogP contribution in [0, 0.1) is 13.8 Å². The highest BCUT2D eigenvalue weighted by molar-refractivity contribution is 9.10. The molecule has 0 aliphatic heterocycles. The van der Waals surface area contributed by atoms with E-state index >= 15 is 0 Å². The molecule has 40 heavy (non-hydrogen) atoms. The number of rotatable bonds is 7. The molecule has 2 aromatic carbocycles. The molecule has 1 N–H and O–H groups in total. The van der Waals surface area contributed by atoms with Gasteiger partial charge in [0.2, 0.25) is 5.91 Å². The molecule has 3 aromatic heterocycles. The topological polar surface area (TPSA) is 110 Å². The summed E-state index contributed by atoms with van der Waals surface area (Å²) < 4.78 is 4.06. The van der Waals surface area contributed by atoms with Crippen LogP contribution in [0.1, 0.15) is 40.3 Å². The maximum absolute atomic E-state index is 13.1. The van der Waals surface area contributed by atoms with Gasteiger partial charge < -0.3 is 10.2 Å². The standard InChI is InChI=1S/C28H26BrClN8O2/c1-16-11-17(2)38-26(32-16)23(13-31-38)27(39)33-22-9-6-19(7-10-22)25-15-37(35-34-25)18(3)28(40)36(4)14-20-5-8-21(29)12-24(20)30/h5-13,15,18H,14H2,1-4H3,(H,33,39). The maximum atomic E-state index is 13.1. The number of nitrogens with one attached hydrogen (secondary N) is 1.